The van der Waals surface area contributed by atoms with Crippen molar-refractivity contribution in [2.75, 3.05) is 6.54 Å². The topological polar surface area (TPSA) is 131 Å². The molecule has 4 amide bonds. The third-order valence-electron chi connectivity index (χ3n) is 5.59. The van der Waals surface area contributed by atoms with Gasteiger partial charge in [-0.1, -0.05) is 37.8 Å². The summed E-state index contributed by atoms with van der Waals surface area (Å²) in [6, 6.07) is 4.40. The largest absolute Gasteiger partial charge is 0.444 e. The molecule has 0 aliphatic heterocycles. The Bertz CT molecular complexity index is 973. The van der Waals surface area contributed by atoms with Crippen molar-refractivity contribution in [3.8, 4) is 12.3 Å². The lowest BCUT2D eigenvalue weighted by molar-refractivity contribution is -0.144. The average Bonchev–Trinajstić information content (AvgIpc) is 3.63. The molecule has 0 spiro atoms. The first-order chi connectivity index (χ1) is 17.0. The maximum atomic E-state index is 13.8. The van der Waals surface area contributed by atoms with Crippen molar-refractivity contribution in [3.63, 3.8) is 0 Å². The molecule has 0 saturated heterocycles. The highest BCUT2D eigenvalue weighted by molar-refractivity contribution is 5.95. The Hall–Kier alpha value is -3.54. The van der Waals surface area contributed by atoms with Crippen LogP contribution in [0.5, 0.6) is 0 Å². The van der Waals surface area contributed by atoms with Crippen LogP contribution in [0.3, 0.4) is 0 Å². The molecule has 9 nitrogen and oxygen atoms in total. The van der Waals surface area contributed by atoms with Gasteiger partial charge in [-0.2, -0.15) is 0 Å². The predicted octanol–water partition coefficient (Wildman–Crippen LogP) is 2.78. The Labute approximate surface area is 213 Å². The Morgan fingerprint density at radius 1 is 1.17 bits per heavy atom. The third-order valence-corrected chi connectivity index (χ3v) is 5.59. The molecule has 1 aliphatic rings. The van der Waals surface area contributed by atoms with Crippen LogP contribution in [0.4, 0.5) is 4.79 Å². The van der Waals surface area contributed by atoms with Crippen molar-refractivity contribution < 1.29 is 23.9 Å². The zero-order chi connectivity index (χ0) is 26.9. The van der Waals surface area contributed by atoms with Gasteiger partial charge in [-0.25, -0.2) is 4.79 Å². The monoisotopic (exact) mass is 498 g/mol. The van der Waals surface area contributed by atoms with E-state index in [4.69, 9.17) is 16.9 Å². The SMILES string of the molecule is C#Cc1ccc(C(C(=O)NCCCCC)N(C(=O)C(CC(N)=O)NC(=O)OC(C)(C)C)C2CC2)cc1. The minimum Gasteiger partial charge on any atom is -0.444 e. The average molecular weight is 499 g/mol. The molecule has 1 aromatic carbocycles. The molecule has 1 aliphatic carbocycles. The first-order valence-corrected chi connectivity index (χ1v) is 12.4. The molecule has 0 bridgehead atoms. The molecule has 2 rings (SSSR count). The summed E-state index contributed by atoms with van der Waals surface area (Å²) < 4.78 is 5.28. The van der Waals surface area contributed by atoms with E-state index in [0.29, 0.717) is 30.5 Å². The molecule has 1 fully saturated rings. The van der Waals surface area contributed by atoms with Crippen molar-refractivity contribution >= 4 is 23.8 Å². The van der Waals surface area contributed by atoms with Crippen molar-refractivity contribution in [3.05, 3.63) is 35.4 Å². The maximum Gasteiger partial charge on any atom is 0.408 e. The Balaban J connectivity index is 2.40. The molecule has 0 radical (unpaired) electrons. The van der Waals surface area contributed by atoms with Crippen LogP contribution in [0.25, 0.3) is 0 Å². The summed E-state index contributed by atoms with van der Waals surface area (Å²) in [5.74, 6) is 0.869. The molecule has 36 heavy (non-hydrogen) atoms. The summed E-state index contributed by atoms with van der Waals surface area (Å²) in [7, 11) is 0. The molecular formula is C27H38N4O5. The summed E-state index contributed by atoms with van der Waals surface area (Å²) in [6.45, 7) is 7.60. The minimum atomic E-state index is -1.28. The van der Waals surface area contributed by atoms with Gasteiger partial charge in [-0.15, -0.1) is 6.42 Å². The van der Waals surface area contributed by atoms with Crippen molar-refractivity contribution in [1.29, 1.82) is 0 Å². The number of rotatable bonds is 12. The summed E-state index contributed by atoms with van der Waals surface area (Å²) in [5.41, 5.74) is 5.82. The second kappa shape index (κ2) is 13.0. The van der Waals surface area contributed by atoms with Crippen molar-refractivity contribution in [1.82, 2.24) is 15.5 Å². The third kappa shape index (κ3) is 8.91. The first-order valence-electron chi connectivity index (χ1n) is 12.4. The molecule has 1 saturated carbocycles. The Kier molecular flexibility index (Phi) is 10.3. The van der Waals surface area contributed by atoms with Gasteiger partial charge in [0, 0.05) is 18.2 Å². The Morgan fingerprint density at radius 2 is 1.81 bits per heavy atom. The van der Waals surface area contributed by atoms with Crippen LogP contribution in [0.1, 0.15) is 83.4 Å². The van der Waals surface area contributed by atoms with Crippen LogP contribution in [0.15, 0.2) is 24.3 Å². The van der Waals surface area contributed by atoms with Crippen LogP contribution in [0.2, 0.25) is 0 Å². The van der Waals surface area contributed by atoms with Gasteiger partial charge in [-0.3, -0.25) is 14.4 Å². The van der Waals surface area contributed by atoms with E-state index >= 15 is 0 Å². The van der Waals surface area contributed by atoms with Gasteiger partial charge >= 0.3 is 6.09 Å². The molecule has 0 heterocycles. The van der Waals surface area contributed by atoms with E-state index in [0.717, 1.165) is 19.3 Å². The molecule has 4 N–H and O–H groups in total. The van der Waals surface area contributed by atoms with Gasteiger partial charge in [0.2, 0.25) is 17.7 Å². The number of nitrogens with one attached hydrogen (secondary N) is 2. The highest BCUT2D eigenvalue weighted by Gasteiger charge is 2.44. The van der Waals surface area contributed by atoms with Gasteiger partial charge < -0.3 is 26.0 Å². The fourth-order valence-corrected chi connectivity index (χ4v) is 3.78. The van der Waals surface area contributed by atoms with E-state index in [9.17, 15) is 19.2 Å². The first kappa shape index (κ1) is 28.7. The van der Waals surface area contributed by atoms with Crippen molar-refractivity contribution in [2.24, 2.45) is 5.73 Å². The second-order valence-electron chi connectivity index (χ2n) is 10.0. The number of hydrogen-bond donors (Lipinski definition) is 3. The van der Waals surface area contributed by atoms with Crippen LogP contribution in [-0.4, -0.2) is 52.9 Å². The van der Waals surface area contributed by atoms with E-state index in [2.05, 4.69) is 23.5 Å². The zero-order valence-corrected chi connectivity index (χ0v) is 21.6. The van der Waals surface area contributed by atoms with Crippen LogP contribution in [-0.2, 0) is 19.1 Å². The minimum absolute atomic E-state index is 0.216. The number of amides is 4. The van der Waals surface area contributed by atoms with Crippen LogP contribution in [0, 0.1) is 12.3 Å². The smallest absolute Gasteiger partial charge is 0.408 e. The molecule has 1 aromatic rings. The highest BCUT2D eigenvalue weighted by atomic mass is 16.6. The quantitative estimate of drug-likeness (QED) is 0.301. The molecule has 196 valence electrons. The maximum absolute atomic E-state index is 13.8. The van der Waals surface area contributed by atoms with Gasteiger partial charge in [-0.05, 0) is 57.7 Å². The van der Waals surface area contributed by atoms with Gasteiger partial charge in [0.25, 0.3) is 0 Å². The molecular weight excluding hydrogens is 460 g/mol. The lowest BCUT2D eigenvalue weighted by atomic mass is 10.0. The normalized spacial score (nSPS) is 14.6. The Morgan fingerprint density at radius 3 is 2.31 bits per heavy atom. The lowest BCUT2D eigenvalue weighted by Crippen LogP contribution is -2.54. The van der Waals surface area contributed by atoms with E-state index in [-0.39, 0.29) is 11.9 Å². The second-order valence-corrected chi connectivity index (χ2v) is 10.0. The number of hydrogen-bond acceptors (Lipinski definition) is 5. The summed E-state index contributed by atoms with van der Waals surface area (Å²) in [6.07, 6.45) is 8.38. The number of terminal acetylenes is 1. The van der Waals surface area contributed by atoms with E-state index in [1.807, 2.05) is 0 Å². The number of primary amides is 1. The molecule has 2 unspecified atom stereocenters. The zero-order valence-electron chi connectivity index (χ0n) is 21.6. The van der Waals surface area contributed by atoms with Crippen LogP contribution < -0.4 is 16.4 Å². The predicted molar refractivity (Wildman–Crippen MR) is 136 cm³/mol. The summed E-state index contributed by atoms with van der Waals surface area (Å²) in [4.78, 5) is 53.0. The number of benzene rings is 1. The van der Waals surface area contributed by atoms with Crippen molar-refractivity contribution in [2.45, 2.75) is 89.9 Å². The van der Waals surface area contributed by atoms with Crippen LogP contribution >= 0.6 is 0 Å². The number of carbonyl (C=O) groups is 4. The fourth-order valence-electron chi connectivity index (χ4n) is 3.78. The standard InChI is InChI=1S/C27H38N4O5/c1-6-8-9-16-29-24(33)23(19-12-10-18(7-2)11-13-19)31(20-14-15-20)25(34)21(17-22(28)32)30-26(35)36-27(3,4)5/h2,10-13,20-21,23H,6,8-9,14-17H2,1,3-5H3,(H2,28,32)(H,29,33)(H,30,35). The fraction of sp³-hybridized carbons (Fsp3) is 0.556. The number of nitrogens with zero attached hydrogens (tertiary/aromatic N) is 1. The highest BCUT2D eigenvalue weighted by Crippen LogP contribution is 2.36. The van der Waals surface area contributed by atoms with Gasteiger partial charge in [0.05, 0.1) is 6.42 Å². The van der Waals surface area contributed by atoms with E-state index < -0.39 is 42.0 Å². The van der Waals surface area contributed by atoms with Gasteiger partial charge in [0.15, 0.2) is 0 Å². The van der Waals surface area contributed by atoms with E-state index in [1.165, 1.54) is 4.90 Å². The summed E-state index contributed by atoms with van der Waals surface area (Å²) >= 11 is 0. The lowest BCUT2D eigenvalue weighted by Gasteiger charge is -2.34. The number of alkyl carbamates (subject to hydrolysis) is 1. The van der Waals surface area contributed by atoms with E-state index in [1.54, 1.807) is 45.0 Å². The number of nitrogens with two attached hydrogens (primary N) is 1. The number of unbranched alkanes of at least 4 members (excludes halogenated alkanes) is 2. The number of ether oxygens (including phenoxy) is 1. The molecule has 2 atom stereocenters. The van der Waals surface area contributed by atoms with Gasteiger partial charge in [0.1, 0.15) is 17.7 Å². The summed E-state index contributed by atoms with van der Waals surface area (Å²) in [5, 5.41) is 5.42. The molecule has 0 aromatic heterocycles. The number of carbonyl (C=O) groups excluding carboxylic acids is 4. The molecule has 9 heteroatoms.